The van der Waals surface area contributed by atoms with E-state index in [9.17, 15) is 18.8 Å². The average Bonchev–Trinajstić information content (AvgIpc) is 3.03. The van der Waals surface area contributed by atoms with Crippen LogP contribution in [0.3, 0.4) is 0 Å². The van der Waals surface area contributed by atoms with Crippen LogP contribution in [-0.4, -0.2) is 39.1 Å². The maximum Gasteiger partial charge on any atom is 0.270 e. The molecule has 1 aromatic carbocycles. The number of primary amides is 1. The van der Waals surface area contributed by atoms with Gasteiger partial charge in [-0.05, 0) is 49.5 Å². The van der Waals surface area contributed by atoms with Gasteiger partial charge in [-0.1, -0.05) is 19.1 Å². The van der Waals surface area contributed by atoms with Gasteiger partial charge in [0.2, 0.25) is 5.91 Å². The van der Waals surface area contributed by atoms with Gasteiger partial charge in [0.1, 0.15) is 17.2 Å². The predicted molar refractivity (Wildman–Crippen MR) is 109 cm³/mol. The van der Waals surface area contributed by atoms with E-state index < -0.39 is 23.2 Å². The third-order valence-electron chi connectivity index (χ3n) is 4.43. The molecule has 29 heavy (non-hydrogen) atoms. The van der Waals surface area contributed by atoms with Crippen molar-refractivity contribution in [3.05, 3.63) is 46.2 Å². The summed E-state index contributed by atoms with van der Waals surface area (Å²) in [5.41, 5.74) is 10.9. The van der Waals surface area contributed by atoms with Crippen LogP contribution in [0.5, 0.6) is 0 Å². The van der Waals surface area contributed by atoms with Crippen molar-refractivity contribution in [2.75, 3.05) is 12.3 Å². The SMILES string of the molecule is CCC(C)(C)NC(=O)CN(Cc1ccc(F)cc1)C(=O)c1snc(C(N)=O)c1N. The first-order valence-corrected chi connectivity index (χ1v) is 9.71. The molecule has 2 rings (SSSR count). The highest BCUT2D eigenvalue weighted by Gasteiger charge is 2.27. The number of carbonyl (C=O) groups is 3. The standard InChI is InChI=1S/C19H24FN5O3S/c1-4-19(2,3)23-13(26)10-25(9-11-5-7-12(20)8-6-11)18(28)16-14(21)15(17(22)27)24-29-16/h5-8H,4,9-10,21H2,1-3H3,(H2,22,27)(H,23,26). The Balaban J connectivity index is 2.30. The minimum absolute atomic E-state index is 0.0171. The van der Waals surface area contributed by atoms with Gasteiger partial charge >= 0.3 is 0 Å². The molecule has 0 saturated heterocycles. The Morgan fingerprint density at radius 2 is 1.86 bits per heavy atom. The van der Waals surface area contributed by atoms with E-state index >= 15 is 0 Å². The zero-order valence-electron chi connectivity index (χ0n) is 16.5. The first-order chi connectivity index (χ1) is 13.5. The third kappa shape index (κ3) is 5.74. The number of nitrogens with zero attached hydrogens (tertiary/aromatic N) is 2. The fraction of sp³-hybridized carbons (Fsp3) is 0.368. The van der Waals surface area contributed by atoms with Crippen molar-refractivity contribution in [1.82, 2.24) is 14.6 Å². The van der Waals surface area contributed by atoms with Crippen LogP contribution in [0.2, 0.25) is 0 Å². The van der Waals surface area contributed by atoms with Gasteiger partial charge in [-0.2, -0.15) is 4.37 Å². The van der Waals surface area contributed by atoms with Crippen LogP contribution in [0.15, 0.2) is 24.3 Å². The normalized spacial score (nSPS) is 11.2. The Kier molecular flexibility index (Phi) is 6.91. The fourth-order valence-electron chi connectivity index (χ4n) is 2.46. The summed E-state index contributed by atoms with van der Waals surface area (Å²) < 4.78 is 17.0. The summed E-state index contributed by atoms with van der Waals surface area (Å²) in [5.74, 6) is -2.18. The van der Waals surface area contributed by atoms with Crippen molar-refractivity contribution in [2.45, 2.75) is 39.3 Å². The second-order valence-electron chi connectivity index (χ2n) is 7.21. The van der Waals surface area contributed by atoms with Gasteiger partial charge < -0.3 is 21.7 Å². The van der Waals surface area contributed by atoms with Gasteiger partial charge in [0.15, 0.2) is 5.69 Å². The lowest BCUT2D eigenvalue weighted by Gasteiger charge is -2.27. The van der Waals surface area contributed by atoms with Crippen molar-refractivity contribution >= 4 is 34.9 Å². The molecule has 0 radical (unpaired) electrons. The number of anilines is 1. The van der Waals surface area contributed by atoms with Crippen molar-refractivity contribution in [2.24, 2.45) is 5.73 Å². The maximum atomic E-state index is 13.2. The Bertz CT molecular complexity index is 911. The Morgan fingerprint density at radius 1 is 1.24 bits per heavy atom. The van der Waals surface area contributed by atoms with Crippen LogP contribution in [-0.2, 0) is 11.3 Å². The van der Waals surface area contributed by atoms with Gasteiger partial charge in [-0.3, -0.25) is 14.4 Å². The molecule has 1 heterocycles. The summed E-state index contributed by atoms with van der Waals surface area (Å²) in [4.78, 5) is 38.2. The van der Waals surface area contributed by atoms with E-state index in [-0.39, 0.29) is 35.3 Å². The van der Waals surface area contributed by atoms with Crippen molar-refractivity contribution in [3.8, 4) is 0 Å². The Labute approximate surface area is 172 Å². The minimum atomic E-state index is -0.842. The number of halogens is 1. The molecule has 156 valence electrons. The van der Waals surface area contributed by atoms with Gasteiger partial charge in [0, 0.05) is 12.1 Å². The minimum Gasteiger partial charge on any atom is -0.395 e. The Morgan fingerprint density at radius 3 is 2.38 bits per heavy atom. The summed E-state index contributed by atoms with van der Waals surface area (Å²) in [7, 11) is 0. The van der Waals surface area contributed by atoms with E-state index in [1.165, 1.54) is 29.2 Å². The molecule has 0 fully saturated rings. The molecule has 0 bridgehead atoms. The quantitative estimate of drug-likeness (QED) is 0.599. The lowest BCUT2D eigenvalue weighted by molar-refractivity contribution is -0.123. The van der Waals surface area contributed by atoms with E-state index in [1.54, 1.807) is 0 Å². The van der Waals surface area contributed by atoms with Crippen molar-refractivity contribution < 1.29 is 18.8 Å². The number of nitrogens with one attached hydrogen (secondary N) is 1. The number of amides is 3. The summed E-state index contributed by atoms with van der Waals surface area (Å²) in [6.45, 7) is 5.48. The molecule has 0 atom stereocenters. The molecule has 0 spiro atoms. The highest BCUT2D eigenvalue weighted by atomic mass is 32.1. The topological polar surface area (TPSA) is 131 Å². The Hall–Kier alpha value is -3.01. The first kappa shape index (κ1) is 22.3. The second kappa shape index (κ2) is 8.99. The zero-order valence-corrected chi connectivity index (χ0v) is 17.3. The largest absolute Gasteiger partial charge is 0.395 e. The van der Waals surface area contributed by atoms with E-state index in [2.05, 4.69) is 9.69 Å². The van der Waals surface area contributed by atoms with E-state index in [0.29, 0.717) is 12.0 Å². The zero-order chi connectivity index (χ0) is 21.8. The monoisotopic (exact) mass is 421 g/mol. The number of rotatable bonds is 8. The smallest absolute Gasteiger partial charge is 0.270 e. The highest BCUT2D eigenvalue weighted by Crippen LogP contribution is 2.24. The molecular weight excluding hydrogens is 397 g/mol. The third-order valence-corrected chi connectivity index (χ3v) is 5.28. The number of hydrogen-bond donors (Lipinski definition) is 3. The number of hydrogen-bond acceptors (Lipinski definition) is 6. The fourth-order valence-corrected chi connectivity index (χ4v) is 3.23. The molecule has 3 amide bonds. The molecule has 5 N–H and O–H groups in total. The van der Waals surface area contributed by atoms with Gasteiger partial charge in [-0.15, -0.1) is 0 Å². The number of aromatic nitrogens is 1. The lowest BCUT2D eigenvalue weighted by atomic mass is 10.0. The van der Waals surface area contributed by atoms with Gasteiger partial charge in [0.05, 0.1) is 5.69 Å². The molecule has 0 aliphatic carbocycles. The number of nitrogens with two attached hydrogens (primary N) is 2. The molecule has 0 aliphatic heterocycles. The molecule has 0 unspecified atom stereocenters. The van der Waals surface area contributed by atoms with Crippen molar-refractivity contribution in [1.29, 1.82) is 0 Å². The number of benzene rings is 1. The molecule has 0 aliphatic rings. The average molecular weight is 421 g/mol. The van der Waals surface area contributed by atoms with Crippen LogP contribution < -0.4 is 16.8 Å². The predicted octanol–water partition coefficient (Wildman–Crippen LogP) is 1.91. The van der Waals surface area contributed by atoms with Crippen LogP contribution in [0, 0.1) is 5.82 Å². The summed E-state index contributed by atoms with van der Waals surface area (Å²) in [5, 5.41) is 2.87. The van der Waals surface area contributed by atoms with E-state index in [0.717, 1.165) is 11.5 Å². The molecule has 1 aromatic heterocycles. The maximum absolute atomic E-state index is 13.2. The molecule has 8 nitrogen and oxygen atoms in total. The van der Waals surface area contributed by atoms with E-state index in [4.69, 9.17) is 11.5 Å². The van der Waals surface area contributed by atoms with Crippen LogP contribution in [0.1, 0.15) is 52.9 Å². The lowest BCUT2D eigenvalue weighted by Crippen LogP contribution is -2.48. The van der Waals surface area contributed by atoms with Gasteiger partial charge in [0.25, 0.3) is 11.8 Å². The van der Waals surface area contributed by atoms with Crippen molar-refractivity contribution in [3.63, 3.8) is 0 Å². The number of carbonyl (C=O) groups excluding carboxylic acids is 3. The first-order valence-electron chi connectivity index (χ1n) is 8.93. The van der Waals surface area contributed by atoms with Crippen LogP contribution in [0.25, 0.3) is 0 Å². The van der Waals surface area contributed by atoms with Crippen LogP contribution >= 0.6 is 11.5 Å². The molecular formula is C19H24FN5O3S. The molecule has 0 saturated carbocycles. The molecule has 10 heteroatoms. The molecule has 2 aromatic rings. The van der Waals surface area contributed by atoms with E-state index in [1.807, 2.05) is 20.8 Å². The summed E-state index contributed by atoms with van der Waals surface area (Å²) in [6.07, 6.45) is 0.703. The summed E-state index contributed by atoms with van der Waals surface area (Å²) >= 11 is 0.740. The van der Waals surface area contributed by atoms with Crippen LogP contribution in [0.4, 0.5) is 10.1 Å². The highest BCUT2D eigenvalue weighted by molar-refractivity contribution is 7.09. The second-order valence-corrected chi connectivity index (χ2v) is 7.98. The number of nitrogen functional groups attached to an aromatic ring is 1. The summed E-state index contributed by atoms with van der Waals surface area (Å²) in [6, 6.07) is 5.58. The van der Waals surface area contributed by atoms with Gasteiger partial charge in [-0.25, -0.2) is 4.39 Å².